The number of nitrogens with one attached hydrogen (secondary N) is 2. The van der Waals surface area contributed by atoms with Gasteiger partial charge in [-0.05, 0) is 38.6 Å². The molecule has 1 saturated heterocycles. The second kappa shape index (κ2) is 9.56. The van der Waals surface area contributed by atoms with E-state index in [1.807, 2.05) is 0 Å². The first-order chi connectivity index (χ1) is 8.84. The first-order valence-electron chi connectivity index (χ1n) is 7.46. The smallest absolute Gasteiger partial charge is 0.221 e. The number of hydrogen-bond donors (Lipinski definition) is 2. The summed E-state index contributed by atoms with van der Waals surface area (Å²) in [4.78, 5) is 11.6. The lowest BCUT2D eigenvalue weighted by atomic mass is 10.1. The molecule has 1 aliphatic carbocycles. The van der Waals surface area contributed by atoms with E-state index in [0.29, 0.717) is 18.6 Å². The van der Waals surface area contributed by atoms with Crippen LogP contribution in [-0.4, -0.2) is 37.7 Å². The first-order valence-corrected chi connectivity index (χ1v) is 7.46. The Balaban J connectivity index is 0.00000180. The molecule has 0 aromatic carbocycles. The van der Waals surface area contributed by atoms with Crippen molar-refractivity contribution in [3.8, 4) is 0 Å². The van der Waals surface area contributed by atoms with Crippen molar-refractivity contribution in [2.75, 3.05) is 19.7 Å². The molecule has 0 aromatic rings. The van der Waals surface area contributed by atoms with Crippen LogP contribution in [0.3, 0.4) is 0 Å². The van der Waals surface area contributed by atoms with Crippen LogP contribution in [0.5, 0.6) is 0 Å². The molecule has 1 amide bonds. The molecular weight excluding hydrogens is 264 g/mol. The van der Waals surface area contributed by atoms with Crippen molar-refractivity contribution in [2.24, 2.45) is 0 Å². The molecule has 1 unspecified atom stereocenters. The summed E-state index contributed by atoms with van der Waals surface area (Å²) in [5, 5.41) is 6.32. The van der Waals surface area contributed by atoms with Gasteiger partial charge in [0.05, 0.1) is 6.10 Å². The Labute approximate surface area is 122 Å². The molecule has 1 saturated carbocycles. The highest BCUT2D eigenvalue weighted by Gasteiger charge is 2.17. The van der Waals surface area contributed by atoms with E-state index in [1.54, 1.807) is 0 Å². The molecule has 1 aliphatic heterocycles. The van der Waals surface area contributed by atoms with E-state index >= 15 is 0 Å². The highest BCUT2D eigenvalue weighted by molar-refractivity contribution is 5.85. The Morgan fingerprint density at radius 3 is 2.68 bits per heavy atom. The summed E-state index contributed by atoms with van der Waals surface area (Å²) in [6.45, 7) is 2.60. The summed E-state index contributed by atoms with van der Waals surface area (Å²) >= 11 is 0. The van der Waals surface area contributed by atoms with Crippen LogP contribution in [0, 0.1) is 0 Å². The van der Waals surface area contributed by atoms with Crippen molar-refractivity contribution in [3.63, 3.8) is 0 Å². The van der Waals surface area contributed by atoms with Crippen LogP contribution in [0.15, 0.2) is 0 Å². The normalized spacial score (nSPS) is 23.3. The van der Waals surface area contributed by atoms with Crippen LogP contribution in [0.25, 0.3) is 0 Å². The molecular formula is C14H27ClN2O2. The fraction of sp³-hybridized carbons (Fsp3) is 0.929. The predicted molar refractivity (Wildman–Crippen MR) is 78.7 cm³/mol. The van der Waals surface area contributed by atoms with Gasteiger partial charge in [-0.15, -0.1) is 12.4 Å². The van der Waals surface area contributed by atoms with Gasteiger partial charge >= 0.3 is 0 Å². The van der Waals surface area contributed by atoms with Crippen molar-refractivity contribution in [2.45, 2.75) is 63.5 Å². The summed E-state index contributed by atoms with van der Waals surface area (Å²) in [7, 11) is 0. The average Bonchev–Trinajstić information content (AvgIpc) is 3.01. The van der Waals surface area contributed by atoms with Gasteiger partial charge in [0.25, 0.3) is 0 Å². The number of carbonyl (C=O) groups is 1. The number of carbonyl (C=O) groups excluding carboxylic acids is 1. The van der Waals surface area contributed by atoms with Gasteiger partial charge in [-0.2, -0.15) is 0 Å². The van der Waals surface area contributed by atoms with E-state index < -0.39 is 0 Å². The largest absolute Gasteiger partial charge is 0.378 e. The van der Waals surface area contributed by atoms with Crippen LogP contribution < -0.4 is 10.6 Å². The molecule has 2 fully saturated rings. The van der Waals surface area contributed by atoms with Crippen LogP contribution >= 0.6 is 12.4 Å². The van der Waals surface area contributed by atoms with Crippen LogP contribution in [0.4, 0.5) is 0 Å². The summed E-state index contributed by atoms with van der Waals surface area (Å²) < 4.78 is 5.75. The van der Waals surface area contributed by atoms with Crippen molar-refractivity contribution >= 4 is 18.3 Å². The summed E-state index contributed by atoms with van der Waals surface area (Å²) in [6, 6.07) is 0.403. The second-order valence-electron chi connectivity index (χ2n) is 5.48. The van der Waals surface area contributed by atoms with Crippen LogP contribution in [-0.2, 0) is 9.53 Å². The lowest BCUT2D eigenvalue weighted by Gasteiger charge is -2.12. The molecule has 2 rings (SSSR count). The third kappa shape index (κ3) is 6.59. The summed E-state index contributed by atoms with van der Waals surface area (Å²) in [5.74, 6) is 0.176. The number of hydrogen-bond acceptors (Lipinski definition) is 3. The molecule has 0 radical (unpaired) electrons. The zero-order valence-corrected chi connectivity index (χ0v) is 12.5. The highest BCUT2D eigenvalue weighted by atomic mass is 35.5. The number of halogens is 1. The Hall–Kier alpha value is -0.320. The Morgan fingerprint density at radius 2 is 2.00 bits per heavy atom. The maximum absolute atomic E-state index is 11.6. The summed E-state index contributed by atoms with van der Waals surface area (Å²) in [6.07, 6.45) is 9.46. The van der Waals surface area contributed by atoms with Gasteiger partial charge in [-0.3, -0.25) is 4.79 Å². The quantitative estimate of drug-likeness (QED) is 0.705. The van der Waals surface area contributed by atoms with E-state index in [9.17, 15) is 4.79 Å². The van der Waals surface area contributed by atoms with Gasteiger partial charge in [0.2, 0.25) is 5.91 Å². The lowest BCUT2D eigenvalue weighted by molar-refractivity contribution is -0.121. The Morgan fingerprint density at radius 1 is 1.21 bits per heavy atom. The highest BCUT2D eigenvalue weighted by Crippen LogP contribution is 2.20. The number of ether oxygens (including phenoxy) is 1. The second-order valence-corrected chi connectivity index (χ2v) is 5.48. The zero-order valence-electron chi connectivity index (χ0n) is 11.7. The topological polar surface area (TPSA) is 50.4 Å². The minimum atomic E-state index is 0. The fourth-order valence-electron chi connectivity index (χ4n) is 2.83. The van der Waals surface area contributed by atoms with Gasteiger partial charge in [0.1, 0.15) is 0 Å². The van der Waals surface area contributed by atoms with Gasteiger partial charge in [-0.1, -0.05) is 12.8 Å². The molecule has 2 aliphatic rings. The molecule has 4 nitrogen and oxygen atoms in total. The van der Waals surface area contributed by atoms with E-state index in [2.05, 4.69) is 10.6 Å². The molecule has 0 aromatic heterocycles. The SMILES string of the molecule is Cl.O=C(CC1CCCN1)NCCCOC1CCCC1. The third-order valence-corrected chi connectivity index (χ3v) is 3.89. The van der Waals surface area contributed by atoms with Crippen molar-refractivity contribution in [1.82, 2.24) is 10.6 Å². The molecule has 112 valence electrons. The van der Waals surface area contributed by atoms with Crippen LogP contribution in [0.2, 0.25) is 0 Å². The molecule has 19 heavy (non-hydrogen) atoms. The molecule has 5 heteroatoms. The molecule has 1 atom stereocenters. The van der Waals surface area contributed by atoms with Crippen LogP contribution in [0.1, 0.15) is 51.4 Å². The first kappa shape index (κ1) is 16.7. The minimum Gasteiger partial charge on any atom is -0.378 e. The van der Waals surface area contributed by atoms with Gasteiger partial charge in [0.15, 0.2) is 0 Å². The minimum absolute atomic E-state index is 0. The van der Waals surface area contributed by atoms with Crippen molar-refractivity contribution in [3.05, 3.63) is 0 Å². The van der Waals surface area contributed by atoms with E-state index in [-0.39, 0.29) is 18.3 Å². The van der Waals surface area contributed by atoms with Gasteiger partial charge < -0.3 is 15.4 Å². The maximum atomic E-state index is 11.6. The van der Waals surface area contributed by atoms with E-state index in [1.165, 1.54) is 32.1 Å². The fourth-order valence-corrected chi connectivity index (χ4v) is 2.83. The standard InChI is InChI=1S/C14H26N2O2.ClH/c17-14(11-12-5-3-8-15-12)16-9-4-10-18-13-6-1-2-7-13;/h12-13,15H,1-11H2,(H,16,17);1H. The number of rotatable bonds is 7. The lowest BCUT2D eigenvalue weighted by Crippen LogP contribution is -2.32. The van der Waals surface area contributed by atoms with Crippen molar-refractivity contribution in [1.29, 1.82) is 0 Å². The zero-order chi connectivity index (χ0) is 12.6. The Bertz CT molecular complexity index is 252. The predicted octanol–water partition coefficient (Wildman–Crippen LogP) is 2.02. The van der Waals surface area contributed by atoms with Crippen molar-refractivity contribution < 1.29 is 9.53 Å². The van der Waals surface area contributed by atoms with E-state index in [0.717, 1.165) is 32.5 Å². The number of amides is 1. The summed E-state index contributed by atoms with van der Waals surface area (Å²) in [5.41, 5.74) is 0. The van der Waals surface area contributed by atoms with Gasteiger partial charge in [0, 0.05) is 25.6 Å². The van der Waals surface area contributed by atoms with Gasteiger partial charge in [-0.25, -0.2) is 0 Å². The average molecular weight is 291 g/mol. The Kier molecular flexibility index (Phi) is 8.42. The monoisotopic (exact) mass is 290 g/mol. The molecule has 2 N–H and O–H groups in total. The van der Waals surface area contributed by atoms with E-state index in [4.69, 9.17) is 4.74 Å². The molecule has 0 bridgehead atoms. The third-order valence-electron chi connectivity index (χ3n) is 3.89. The molecule has 1 heterocycles. The maximum Gasteiger partial charge on any atom is 0.221 e. The molecule has 0 spiro atoms.